The summed E-state index contributed by atoms with van der Waals surface area (Å²) in [6.45, 7) is 3.36. The van der Waals surface area contributed by atoms with Crippen molar-refractivity contribution in [3.8, 4) is 11.3 Å². The van der Waals surface area contributed by atoms with Gasteiger partial charge in [-0.05, 0) is 43.7 Å². The van der Waals surface area contributed by atoms with Crippen molar-refractivity contribution in [3.63, 3.8) is 0 Å². The number of pyridine rings is 1. The predicted molar refractivity (Wildman–Crippen MR) is 129 cm³/mol. The maximum atomic E-state index is 13.4. The Morgan fingerprint density at radius 1 is 1.09 bits per heavy atom. The Labute approximate surface area is 204 Å². The molecule has 0 bridgehead atoms. The fraction of sp³-hybridized carbons (Fsp3) is 0.208. The standard InChI is InChI=1S/C24H20Cl2F2N4O2/c1-11(24(33)34)16-7-13(29)3-4-14(16)18-8-20-19(9-30-18)31-10-32(20)12(2)21-17(25)6-5-15(22(21)26)23(27)28/h3-12,23H,29H2,1-2H3,(H,33,34)/t11?,12-/m1/s1. The molecule has 34 heavy (non-hydrogen) atoms. The third-order valence-electron chi connectivity index (χ3n) is 5.88. The van der Waals surface area contributed by atoms with Gasteiger partial charge in [0, 0.05) is 27.4 Å². The SMILES string of the molecule is CC(C(=O)O)c1cc(N)ccc1-c1cc2c(cn1)ncn2[C@H](C)c1c(Cl)ccc(C(F)F)c1Cl. The molecule has 1 unspecified atom stereocenters. The number of aromatic nitrogens is 3. The van der Waals surface area contributed by atoms with Gasteiger partial charge in [-0.3, -0.25) is 9.78 Å². The van der Waals surface area contributed by atoms with Crippen LogP contribution in [0.5, 0.6) is 0 Å². The molecule has 0 spiro atoms. The van der Waals surface area contributed by atoms with Gasteiger partial charge in [0.05, 0.1) is 40.7 Å². The van der Waals surface area contributed by atoms with Gasteiger partial charge in [0.1, 0.15) is 5.52 Å². The summed E-state index contributed by atoms with van der Waals surface area (Å²) >= 11 is 12.7. The number of imidazole rings is 1. The van der Waals surface area contributed by atoms with Crippen molar-refractivity contribution < 1.29 is 18.7 Å². The number of benzene rings is 2. The molecule has 2 aromatic carbocycles. The van der Waals surface area contributed by atoms with Gasteiger partial charge in [0.25, 0.3) is 6.43 Å². The number of fused-ring (bicyclic) bond motifs is 1. The zero-order valence-electron chi connectivity index (χ0n) is 18.1. The van der Waals surface area contributed by atoms with Crippen molar-refractivity contribution in [2.24, 2.45) is 0 Å². The molecular formula is C24H20Cl2F2N4O2. The third-order valence-corrected chi connectivity index (χ3v) is 6.63. The Hall–Kier alpha value is -3.23. The average Bonchev–Trinajstić information content (AvgIpc) is 3.21. The minimum atomic E-state index is -2.74. The molecule has 0 amide bonds. The zero-order chi connectivity index (χ0) is 24.7. The van der Waals surface area contributed by atoms with Crippen LogP contribution >= 0.6 is 23.2 Å². The molecule has 10 heteroatoms. The Morgan fingerprint density at radius 3 is 2.50 bits per heavy atom. The van der Waals surface area contributed by atoms with E-state index in [2.05, 4.69) is 9.97 Å². The molecule has 0 radical (unpaired) electrons. The van der Waals surface area contributed by atoms with Gasteiger partial charge in [-0.15, -0.1) is 0 Å². The van der Waals surface area contributed by atoms with E-state index in [0.717, 1.165) is 0 Å². The van der Waals surface area contributed by atoms with Gasteiger partial charge in [0.2, 0.25) is 0 Å². The summed E-state index contributed by atoms with van der Waals surface area (Å²) in [6.07, 6.45) is 0.385. The second-order valence-corrected chi connectivity index (χ2v) is 8.74. The fourth-order valence-corrected chi connectivity index (χ4v) is 4.74. The monoisotopic (exact) mass is 504 g/mol. The lowest BCUT2D eigenvalue weighted by atomic mass is 9.93. The first-order valence-electron chi connectivity index (χ1n) is 10.3. The highest BCUT2D eigenvalue weighted by Crippen LogP contribution is 2.40. The topological polar surface area (TPSA) is 94.0 Å². The minimum absolute atomic E-state index is 0.0952. The largest absolute Gasteiger partial charge is 0.481 e. The summed E-state index contributed by atoms with van der Waals surface area (Å²) in [5, 5.41) is 9.70. The molecule has 2 atom stereocenters. The number of carbonyl (C=O) groups is 1. The molecule has 2 aromatic heterocycles. The number of nitrogens with two attached hydrogens (primary N) is 1. The molecule has 0 aliphatic carbocycles. The predicted octanol–water partition coefficient (Wildman–Crippen LogP) is 6.72. The molecule has 4 rings (SSSR count). The third kappa shape index (κ3) is 4.19. The summed E-state index contributed by atoms with van der Waals surface area (Å²) in [4.78, 5) is 20.5. The highest BCUT2D eigenvalue weighted by atomic mass is 35.5. The van der Waals surface area contributed by atoms with Crippen molar-refractivity contribution in [1.82, 2.24) is 14.5 Å². The Balaban J connectivity index is 1.87. The second-order valence-electron chi connectivity index (χ2n) is 7.96. The summed E-state index contributed by atoms with van der Waals surface area (Å²) < 4.78 is 28.6. The number of hydrogen-bond acceptors (Lipinski definition) is 4. The van der Waals surface area contributed by atoms with Crippen LogP contribution in [0, 0.1) is 0 Å². The number of halogens is 4. The van der Waals surface area contributed by atoms with Gasteiger partial charge >= 0.3 is 5.97 Å². The lowest BCUT2D eigenvalue weighted by Crippen LogP contribution is -2.10. The van der Waals surface area contributed by atoms with Crippen LogP contribution in [0.3, 0.4) is 0 Å². The number of nitrogens with zero attached hydrogens (tertiary/aromatic N) is 3. The van der Waals surface area contributed by atoms with E-state index in [1.807, 2.05) is 0 Å². The second kappa shape index (κ2) is 9.19. The quantitative estimate of drug-likeness (QED) is 0.284. The summed E-state index contributed by atoms with van der Waals surface area (Å²) in [5.74, 6) is -1.80. The molecule has 0 fully saturated rings. The van der Waals surface area contributed by atoms with Crippen LogP contribution < -0.4 is 5.73 Å². The van der Waals surface area contributed by atoms with Crippen LogP contribution in [-0.4, -0.2) is 25.6 Å². The van der Waals surface area contributed by atoms with Crippen LogP contribution in [0.2, 0.25) is 10.0 Å². The van der Waals surface area contributed by atoms with E-state index in [0.29, 0.717) is 39.1 Å². The molecule has 3 N–H and O–H groups in total. The van der Waals surface area contributed by atoms with E-state index >= 15 is 0 Å². The molecule has 0 aliphatic rings. The first-order valence-corrected chi connectivity index (χ1v) is 11.1. The highest BCUT2D eigenvalue weighted by Gasteiger charge is 2.24. The maximum Gasteiger partial charge on any atom is 0.310 e. The number of carboxylic acid groups (broad SMARTS) is 1. The Morgan fingerprint density at radius 2 is 1.82 bits per heavy atom. The minimum Gasteiger partial charge on any atom is -0.481 e. The average molecular weight is 505 g/mol. The number of alkyl halides is 2. The van der Waals surface area contributed by atoms with Crippen molar-refractivity contribution in [2.45, 2.75) is 32.2 Å². The molecule has 4 aromatic rings. The number of nitrogen functional groups attached to an aromatic ring is 1. The Kier molecular flexibility index (Phi) is 6.47. The van der Waals surface area contributed by atoms with Gasteiger partial charge in [0.15, 0.2) is 0 Å². The van der Waals surface area contributed by atoms with Crippen LogP contribution in [0.1, 0.15) is 48.9 Å². The van der Waals surface area contributed by atoms with Gasteiger partial charge in [-0.25, -0.2) is 13.8 Å². The molecule has 2 heterocycles. The lowest BCUT2D eigenvalue weighted by Gasteiger charge is -2.20. The van der Waals surface area contributed by atoms with Crippen molar-refractivity contribution in [1.29, 1.82) is 0 Å². The number of aliphatic carboxylic acids is 1. The summed E-state index contributed by atoms with van der Waals surface area (Å²) in [7, 11) is 0. The fourth-order valence-electron chi connectivity index (χ4n) is 3.97. The first-order chi connectivity index (χ1) is 16.1. The molecule has 6 nitrogen and oxygen atoms in total. The van der Waals surface area contributed by atoms with Crippen LogP contribution in [0.25, 0.3) is 22.3 Å². The zero-order valence-corrected chi connectivity index (χ0v) is 19.6. The van der Waals surface area contributed by atoms with E-state index in [1.54, 1.807) is 55.2 Å². The molecule has 0 saturated heterocycles. The summed E-state index contributed by atoms with van der Waals surface area (Å²) in [5.41, 5.74) is 9.27. The van der Waals surface area contributed by atoms with E-state index in [-0.39, 0.29) is 15.6 Å². The molecular weight excluding hydrogens is 485 g/mol. The normalized spacial score (nSPS) is 13.4. The number of anilines is 1. The van der Waals surface area contributed by atoms with Crippen molar-refractivity contribution in [3.05, 3.63) is 75.7 Å². The lowest BCUT2D eigenvalue weighted by molar-refractivity contribution is -0.138. The molecule has 0 saturated carbocycles. The molecule has 0 aliphatic heterocycles. The van der Waals surface area contributed by atoms with E-state index in [9.17, 15) is 18.7 Å². The number of carboxylic acids is 1. The van der Waals surface area contributed by atoms with Crippen LogP contribution in [-0.2, 0) is 4.79 Å². The van der Waals surface area contributed by atoms with Crippen molar-refractivity contribution in [2.75, 3.05) is 5.73 Å². The maximum absolute atomic E-state index is 13.4. The van der Waals surface area contributed by atoms with Gasteiger partial charge in [-0.2, -0.15) is 0 Å². The van der Waals surface area contributed by atoms with E-state index < -0.39 is 24.4 Å². The smallest absolute Gasteiger partial charge is 0.310 e. The first kappa shape index (κ1) is 23.9. The molecule has 176 valence electrons. The van der Waals surface area contributed by atoms with Crippen LogP contribution in [0.4, 0.5) is 14.5 Å². The number of hydrogen-bond donors (Lipinski definition) is 2. The van der Waals surface area contributed by atoms with Gasteiger partial charge < -0.3 is 15.4 Å². The highest BCUT2D eigenvalue weighted by molar-refractivity contribution is 6.36. The van der Waals surface area contributed by atoms with Gasteiger partial charge in [-0.1, -0.05) is 35.3 Å². The Bertz CT molecular complexity index is 1410. The number of rotatable bonds is 6. The van der Waals surface area contributed by atoms with Crippen LogP contribution in [0.15, 0.2) is 48.9 Å². The summed E-state index contributed by atoms with van der Waals surface area (Å²) in [6, 6.07) is 8.88. The van der Waals surface area contributed by atoms with Crippen molar-refractivity contribution >= 4 is 45.9 Å². The van der Waals surface area contributed by atoms with E-state index in [4.69, 9.17) is 28.9 Å². The van der Waals surface area contributed by atoms with E-state index in [1.165, 1.54) is 12.1 Å².